The Hall–Kier alpha value is -2.44. The van der Waals surface area contributed by atoms with Gasteiger partial charge in [0.2, 0.25) is 5.91 Å². The molecule has 31 heavy (non-hydrogen) atoms. The van der Waals surface area contributed by atoms with Crippen molar-refractivity contribution in [1.82, 2.24) is 19.8 Å². The molecule has 1 aliphatic heterocycles. The summed E-state index contributed by atoms with van der Waals surface area (Å²) in [5, 5.41) is 3.52. The Kier molecular flexibility index (Phi) is 7.20. The first kappa shape index (κ1) is 21.8. The number of likely N-dealkylation sites (tertiary alicyclic amines) is 1. The van der Waals surface area contributed by atoms with E-state index in [0.717, 1.165) is 42.5 Å². The van der Waals surface area contributed by atoms with E-state index < -0.39 is 0 Å². The van der Waals surface area contributed by atoms with Crippen molar-refractivity contribution in [3.05, 3.63) is 87.9 Å². The molecule has 1 fully saturated rings. The first-order valence-electron chi connectivity index (χ1n) is 10.9. The molecule has 2 aromatic carbocycles. The highest BCUT2D eigenvalue weighted by Crippen LogP contribution is 2.18. The van der Waals surface area contributed by atoms with Crippen LogP contribution < -0.4 is 5.32 Å². The van der Waals surface area contributed by atoms with Crippen LogP contribution in [0, 0.1) is 6.92 Å². The first-order chi connectivity index (χ1) is 15.1. The highest BCUT2D eigenvalue weighted by molar-refractivity contribution is 9.10. The van der Waals surface area contributed by atoms with Crippen LogP contribution in [0.1, 0.15) is 41.6 Å². The summed E-state index contributed by atoms with van der Waals surface area (Å²) in [4.78, 5) is 19.6. The average Bonchev–Trinajstić information content (AvgIpc) is 3.14. The van der Waals surface area contributed by atoms with Gasteiger partial charge < -0.3 is 14.8 Å². The van der Waals surface area contributed by atoms with Gasteiger partial charge in [-0.25, -0.2) is 4.98 Å². The third kappa shape index (κ3) is 5.63. The van der Waals surface area contributed by atoms with Gasteiger partial charge in [0.25, 0.3) is 0 Å². The zero-order valence-electron chi connectivity index (χ0n) is 17.9. The Morgan fingerprint density at radius 3 is 2.71 bits per heavy atom. The maximum Gasteiger partial charge on any atom is 0.240 e. The Bertz CT molecular complexity index is 1010. The van der Waals surface area contributed by atoms with E-state index in [1.165, 1.54) is 16.7 Å². The molecule has 0 radical (unpaired) electrons. The highest BCUT2D eigenvalue weighted by atomic mass is 79.9. The van der Waals surface area contributed by atoms with Gasteiger partial charge in [-0.1, -0.05) is 52.3 Å². The molecule has 4 rings (SSSR count). The molecule has 0 aliphatic carbocycles. The van der Waals surface area contributed by atoms with Gasteiger partial charge in [0.05, 0.1) is 18.1 Å². The first-order valence-corrected chi connectivity index (χ1v) is 11.7. The van der Waals surface area contributed by atoms with Crippen LogP contribution >= 0.6 is 15.9 Å². The molecular formula is C25H29BrN4O. The number of nitrogens with zero attached hydrogens (tertiary/aromatic N) is 3. The van der Waals surface area contributed by atoms with Crippen molar-refractivity contribution in [2.24, 2.45) is 0 Å². The van der Waals surface area contributed by atoms with Crippen molar-refractivity contribution in [3.63, 3.8) is 0 Å². The lowest BCUT2D eigenvalue weighted by molar-refractivity contribution is -0.133. The number of aromatic nitrogens is 2. The fraction of sp³-hybridized carbons (Fsp3) is 0.360. The van der Waals surface area contributed by atoms with Gasteiger partial charge in [0, 0.05) is 36.8 Å². The summed E-state index contributed by atoms with van der Waals surface area (Å²) in [6.07, 6.45) is 6.74. The van der Waals surface area contributed by atoms with Crippen molar-refractivity contribution in [1.29, 1.82) is 0 Å². The molecule has 1 aliphatic rings. The van der Waals surface area contributed by atoms with Crippen LogP contribution in [-0.2, 0) is 24.4 Å². The summed E-state index contributed by atoms with van der Waals surface area (Å²) in [7, 11) is 0. The molecule has 1 atom stereocenters. The number of aryl methyl sites for hydroxylation is 1. The Labute approximate surface area is 192 Å². The quantitative estimate of drug-likeness (QED) is 0.534. The maximum absolute atomic E-state index is 13.3. The Morgan fingerprint density at radius 1 is 1.10 bits per heavy atom. The second-order valence-corrected chi connectivity index (χ2v) is 9.17. The standard InChI is InChI=1S/C25H29BrN4O/c1-19-6-2-3-7-21(19)17-29-13-5-4-8-24(25(29)31)28-15-23-14-27-18-30(23)16-20-9-11-22(26)12-10-20/h2-3,6-7,9-12,14,18,24,28H,4-5,8,13,15-17H2,1H3. The van der Waals surface area contributed by atoms with Crippen molar-refractivity contribution >= 4 is 21.8 Å². The fourth-order valence-corrected chi connectivity index (χ4v) is 4.36. The highest BCUT2D eigenvalue weighted by Gasteiger charge is 2.27. The summed E-state index contributed by atoms with van der Waals surface area (Å²) in [6.45, 7) is 5.02. The zero-order chi connectivity index (χ0) is 21.6. The number of hydrogen-bond acceptors (Lipinski definition) is 3. The number of carbonyl (C=O) groups excluding carboxylic acids is 1. The minimum Gasteiger partial charge on any atom is -0.337 e. The molecule has 1 saturated heterocycles. The van der Waals surface area contributed by atoms with E-state index in [1.807, 2.05) is 29.6 Å². The molecule has 1 amide bonds. The number of benzene rings is 2. The minimum absolute atomic E-state index is 0.150. The van der Waals surface area contributed by atoms with E-state index in [9.17, 15) is 4.79 Å². The van der Waals surface area contributed by atoms with Crippen molar-refractivity contribution in [3.8, 4) is 0 Å². The van der Waals surface area contributed by atoms with Gasteiger partial charge >= 0.3 is 0 Å². The van der Waals surface area contributed by atoms with Crippen molar-refractivity contribution in [2.45, 2.75) is 51.9 Å². The molecule has 6 heteroatoms. The van der Waals surface area contributed by atoms with Gasteiger partial charge in [-0.2, -0.15) is 0 Å². The SMILES string of the molecule is Cc1ccccc1CN1CCCCC(NCc2cncn2Cc2ccc(Br)cc2)C1=O. The van der Waals surface area contributed by atoms with E-state index in [1.54, 1.807) is 0 Å². The number of amides is 1. The maximum atomic E-state index is 13.3. The number of halogens is 1. The fourth-order valence-electron chi connectivity index (χ4n) is 4.10. The number of carbonyl (C=O) groups is 1. The van der Waals surface area contributed by atoms with Crippen molar-refractivity contribution < 1.29 is 4.79 Å². The lowest BCUT2D eigenvalue weighted by Gasteiger charge is -2.26. The largest absolute Gasteiger partial charge is 0.337 e. The molecule has 3 aromatic rings. The molecule has 1 unspecified atom stereocenters. The van der Waals surface area contributed by atoms with Crippen LogP contribution in [0.2, 0.25) is 0 Å². The molecule has 2 heterocycles. The van der Waals surface area contributed by atoms with Gasteiger partial charge in [0.15, 0.2) is 0 Å². The summed E-state index contributed by atoms with van der Waals surface area (Å²) in [6, 6.07) is 16.5. The van der Waals surface area contributed by atoms with Gasteiger partial charge in [-0.3, -0.25) is 4.79 Å². The molecule has 5 nitrogen and oxygen atoms in total. The van der Waals surface area contributed by atoms with Crippen LogP contribution in [0.5, 0.6) is 0 Å². The summed E-state index contributed by atoms with van der Waals surface area (Å²) < 4.78 is 3.22. The number of imidazole rings is 1. The average molecular weight is 481 g/mol. The normalized spacial score (nSPS) is 17.0. The Morgan fingerprint density at radius 2 is 1.90 bits per heavy atom. The molecule has 1 N–H and O–H groups in total. The van der Waals surface area contributed by atoms with Crippen LogP contribution in [0.4, 0.5) is 0 Å². The summed E-state index contributed by atoms with van der Waals surface area (Å²) >= 11 is 3.48. The molecule has 0 saturated carbocycles. The zero-order valence-corrected chi connectivity index (χ0v) is 19.5. The number of nitrogens with one attached hydrogen (secondary N) is 1. The third-order valence-electron chi connectivity index (χ3n) is 6.00. The topological polar surface area (TPSA) is 50.2 Å². The lowest BCUT2D eigenvalue weighted by Crippen LogP contribution is -2.45. The van der Waals surface area contributed by atoms with E-state index in [-0.39, 0.29) is 11.9 Å². The van der Waals surface area contributed by atoms with Crippen LogP contribution in [-0.4, -0.2) is 32.9 Å². The molecule has 0 spiro atoms. The Balaban J connectivity index is 1.40. The molecule has 162 valence electrons. The van der Waals surface area contributed by atoms with Crippen LogP contribution in [0.3, 0.4) is 0 Å². The van der Waals surface area contributed by atoms with Gasteiger partial charge in [0.1, 0.15) is 0 Å². The smallest absolute Gasteiger partial charge is 0.240 e. The summed E-state index contributed by atoms with van der Waals surface area (Å²) in [5.41, 5.74) is 4.77. The molecule has 0 bridgehead atoms. The molecular weight excluding hydrogens is 452 g/mol. The van der Waals surface area contributed by atoms with Gasteiger partial charge in [-0.15, -0.1) is 0 Å². The molecule has 1 aromatic heterocycles. The third-order valence-corrected chi connectivity index (χ3v) is 6.53. The monoisotopic (exact) mass is 480 g/mol. The second kappa shape index (κ2) is 10.2. The lowest BCUT2D eigenvalue weighted by atomic mass is 10.1. The van der Waals surface area contributed by atoms with E-state index in [4.69, 9.17) is 0 Å². The second-order valence-electron chi connectivity index (χ2n) is 8.25. The van der Waals surface area contributed by atoms with Crippen molar-refractivity contribution in [2.75, 3.05) is 6.54 Å². The summed E-state index contributed by atoms with van der Waals surface area (Å²) in [5.74, 6) is 0.208. The number of rotatable bonds is 7. The van der Waals surface area contributed by atoms with Crippen LogP contribution in [0.15, 0.2) is 65.5 Å². The number of hydrogen-bond donors (Lipinski definition) is 1. The van der Waals surface area contributed by atoms with Gasteiger partial charge in [-0.05, 0) is 55.0 Å². The predicted molar refractivity (Wildman–Crippen MR) is 127 cm³/mol. The van der Waals surface area contributed by atoms with E-state index in [2.05, 4.69) is 74.1 Å². The van der Waals surface area contributed by atoms with E-state index in [0.29, 0.717) is 13.1 Å². The minimum atomic E-state index is -0.150. The van der Waals surface area contributed by atoms with Crippen LogP contribution in [0.25, 0.3) is 0 Å². The predicted octanol–water partition coefficient (Wildman–Crippen LogP) is 4.67. The van der Waals surface area contributed by atoms with E-state index >= 15 is 0 Å².